The van der Waals surface area contributed by atoms with E-state index in [1.54, 1.807) is 0 Å². The number of halogens is 6. The van der Waals surface area contributed by atoms with Gasteiger partial charge in [-0.05, 0) is 12.1 Å². The minimum Gasteiger partial charge on any atom is -0.477 e. The number of nitrogens with zero attached hydrogens (tertiary/aromatic N) is 1. The predicted octanol–water partition coefficient (Wildman–Crippen LogP) is 5.85. The van der Waals surface area contributed by atoms with Gasteiger partial charge < -0.3 is 9.84 Å². The third-order valence-electron chi connectivity index (χ3n) is 3.27. The topological polar surface area (TPSA) is 59.4 Å². The van der Waals surface area contributed by atoms with Gasteiger partial charge in [-0.3, -0.25) is 4.98 Å². The van der Waals surface area contributed by atoms with Gasteiger partial charge in [0.05, 0.1) is 20.3 Å². The van der Waals surface area contributed by atoms with Crippen molar-refractivity contribution in [2.45, 2.75) is 6.61 Å². The number of carbonyl (C=O) groups is 1. The Balaban J connectivity index is 2.40. The van der Waals surface area contributed by atoms with Crippen LogP contribution in [0.4, 0.5) is 17.6 Å². The van der Waals surface area contributed by atoms with Gasteiger partial charge in [-0.15, -0.1) is 11.3 Å². The number of aromatic nitrogens is 1. The van der Waals surface area contributed by atoms with Crippen molar-refractivity contribution in [3.63, 3.8) is 0 Å². The van der Waals surface area contributed by atoms with Gasteiger partial charge in [0.25, 0.3) is 0 Å². The third kappa shape index (κ3) is 3.17. The maximum absolute atomic E-state index is 14.7. The fourth-order valence-electron chi connectivity index (χ4n) is 2.34. The molecule has 0 bridgehead atoms. The summed E-state index contributed by atoms with van der Waals surface area (Å²) in [5, 5.41) is 9.08. The zero-order valence-electron chi connectivity index (χ0n) is 12.2. The summed E-state index contributed by atoms with van der Waals surface area (Å²) in [7, 11) is 0. The van der Waals surface area contributed by atoms with E-state index in [1.807, 2.05) is 0 Å². The molecule has 2 aromatic heterocycles. The molecule has 0 fully saturated rings. The smallest absolute Gasteiger partial charge is 0.387 e. The quantitative estimate of drug-likeness (QED) is 0.532. The van der Waals surface area contributed by atoms with E-state index in [9.17, 15) is 27.5 Å². The highest BCUT2D eigenvalue weighted by atomic mass is 35.5. The Morgan fingerprint density at radius 2 is 1.92 bits per heavy atom. The number of ether oxygens (including phenoxy) is 1. The molecule has 26 heavy (non-hydrogen) atoms. The normalized spacial score (nSPS) is 11.3. The van der Waals surface area contributed by atoms with E-state index < -0.39 is 40.6 Å². The van der Waals surface area contributed by atoms with Crippen molar-refractivity contribution < 1.29 is 32.2 Å². The van der Waals surface area contributed by atoms with Crippen molar-refractivity contribution in [3.05, 3.63) is 44.9 Å². The van der Waals surface area contributed by atoms with Gasteiger partial charge in [0.1, 0.15) is 4.88 Å². The van der Waals surface area contributed by atoms with Gasteiger partial charge in [-0.1, -0.05) is 23.2 Å². The van der Waals surface area contributed by atoms with Crippen LogP contribution in [0, 0.1) is 11.6 Å². The fourth-order valence-corrected chi connectivity index (χ4v) is 3.88. The fraction of sp³-hybridized carbons (Fsp3) is 0.0667. The van der Waals surface area contributed by atoms with E-state index in [-0.39, 0.29) is 21.0 Å². The van der Waals surface area contributed by atoms with Crippen molar-refractivity contribution in [1.82, 2.24) is 4.98 Å². The lowest BCUT2D eigenvalue weighted by atomic mass is 10.0. The SMILES string of the molecule is O=C(O)c1sc2cc(Cl)cnc2c1-c1c(Cl)cc(F)c(OC(F)F)c1F. The summed E-state index contributed by atoms with van der Waals surface area (Å²) in [4.78, 5) is 15.2. The Hall–Kier alpha value is -2.10. The molecule has 0 unspecified atom stereocenters. The second kappa shape index (κ2) is 6.90. The Morgan fingerprint density at radius 1 is 1.23 bits per heavy atom. The van der Waals surface area contributed by atoms with Gasteiger partial charge in [0.2, 0.25) is 0 Å². The number of hydrogen-bond acceptors (Lipinski definition) is 4. The number of carboxylic acid groups (broad SMARTS) is 1. The highest BCUT2D eigenvalue weighted by Crippen LogP contribution is 2.45. The van der Waals surface area contributed by atoms with Crippen LogP contribution in [0.3, 0.4) is 0 Å². The maximum Gasteiger partial charge on any atom is 0.387 e. The van der Waals surface area contributed by atoms with E-state index in [2.05, 4.69) is 9.72 Å². The summed E-state index contributed by atoms with van der Waals surface area (Å²) in [6.45, 7) is -3.50. The van der Waals surface area contributed by atoms with Crippen LogP contribution in [0.25, 0.3) is 21.3 Å². The molecule has 3 rings (SSSR count). The first-order chi connectivity index (χ1) is 12.2. The highest BCUT2D eigenvalue weighted by molar-refractivity contribution is 7.21. The lowest BCUT2D eigenvalue weighted by molar-refractivity contribution is -0.0545. The van der Waals surface area contributed by atoms with E-state index in [0.717, 1.165) is 11.3 Å². The molecule has 0 saturated heterocycles. The number of thiophene rings is 1. The molecule has 1 aromatic carbocycles. The zero-order valence-corrected chi connectivity index (χ0v) is 14.5. The van der Waals surface area contributed by atoms with Crippen molar-refractivity contribution in [1.29, 1.82) is 0 Å². The number of aromatic carboxylic acids is 1. The molecule has 0 radical (unpaired) electrons. The van der Waals surface area contributed by atoms with Crippen molar-refractivity contribution in [3.8, 4) is 16.9 Å². The number of benzene rings is 1. The maximum atomic E-state index is 14.7. The molecular weight excluding hydrogens is 421 g/mol. The molecule has 2 heterocycles. The minimum atomic E-state index is -3.50. The van der Waals surface area contributed by atoms with Crippen LogP contribution in [0.1, 0.15) is 9.67 Å². The van der Waals surface area contributed by atoms with Gasteiger partial charge in [0, 0.05) is 17.3 Å². The minimum absolute atomic E-state index is 0.0206. The Bertz CT molecular complexity index is 1040. The third-order valence-corrected chi connectivity index (χ3v) is 4.89. The monoisotopic (exact) mass is 425 g/mol. The number of carboxylic acids is 1. The summed E-state index contributed by atoms with van der Waals surface area (Å²) < 4.78 is 57.6. The predicted molar refractivity (Wildman–Crippen MR) is 88.6 cm³/mol. The highest BCUT2D eigenvalue weighted by Gasteiger charge is 2.29. The number of rotatable bonds is 4. The lowest BCUT2D eigenvalue weighted by Crippen LogP contribution is -2.07. The second-order valence-electron chi connectivity index (χ2n) is 4.85. The average Bonchev–Trinajstić information content (AvgIpc) is 2.90. The van der Waals surface area contributed by atoms with Crippen molar-refractivity contribution in [2.75, 3.05) is 0 Å². The number of pyridine rings is 1. The summed E-state index contributed by atoms with van der Waals surface area (Å²) in [5.74, 6) is -5.82. The molecule has 0 aliphatic heterocycles. The largest absolute Gasteiger partial charge is 0.477 e. The van der Waals surface area contributed by atoms with Gasteiger partial charge in [0.15, 0.2) is 17.4 Å². The van der Waals surface area contributed by atoms with E-state index in [1.165, 1.54) is 12.3 Å². The van der Waals surface area contributed by atoms with Gasteiger partial charge in [-0.25, -0.2) is 13.6 Å². The Morgan fingerprint density at radius 3 is 2.54 bits per heavy atom. The van der Waals surface area contributed by atoms with Crippen LogP contribution >= 0.6 is 34.5 Å². The lowest BCUT2D eigenvalue weighted by Gasteiger charge is -2.12. The van der Waals surface area contributed by atoms with E-state index in [0.29, 0.717) is 10.8 Å². The molecule has 1 N–H and O–H groups in total. The van der Waals surface area contributed by atoms with E-state index >= 15 is 0 Å². The Kier molecular flexibility index (Phi) is 4.96. The first-order valence-corrected chi connectivity index (χ1v) is 8.22. The standard InChI is InChI=1S/C15H5Cl2F4NO3S/c16-4-1-7-11(22-3-4)9(13(26-7)14(23)24)8-5(17)2-6(18)12(10(8)19)25-15(20)21/h1-3,15H,(H,23,24). The Labute approximate surface area is 156 Å². The van der Waals surface area contributed by atoms with Gasteiger partial charge in [-0.2, -0.15) is 8.78 Å². The van der Waals surface area contributed by atoms with Crippen molar-refractivity contribution >= 4 is 50.7 Å². The second-order valence-corrected chi connectivity index (χ2v) is 6.74. The summed E-state index contributed by atoms with van der Waals surface area (Å²) in [6, 6.07) is 1.96. The first-order valence-electron chi connectivity index (χ1n) is 6.64. The molecule has 0 spiro atoms. The summed E-state index contributed by atoms with van der Waals surface area (Å²) in [6.07, 6.45) is 1.19. The molecule has 0 saturated carbocycles. The first kappa shape index (κ1) is 18.7. The molecule has 0 aliphatic rings. The molecule has 0 atom stereocenters. The summed E-state index contributed by atoms with van der Waals surface area (Å²) >= 11 is 12.4. The van der Waals surface area contributed by atoms with Crippen LogP contribution in [0.2, 0.25) is 10.0 Å². The van der Waals surface area contributed by atoms with Crippen molar-refractivity contribution in [2.24, 2.45) is 0 Å². The van der Waals surface area contributed by atoms with Crippen LogP contribution in [-0.2, 0) is 0 Å². The number of hydrogen-bond donors (Lipinski definition) is 1. The molecule has 11 heteroatoms. The van der Waals surface area contributed by atoms with Crippen LogP contribution < -0.4 is 4.74 Å². The van der Waals surface area contributed by atoms with E-state index in [4.69, 9.17) is 23.2 Å². The van der Waals surface area contributed by atoms with Crippen LogP contribution in [0.15, 0.2) is 18.3 Å². The average molecular weight is 426 g/mol. The molecular formula is C15H5Cl2F4NO3S. The van der Waals surface area contributed by atoms with Crippen LogP contribution in [-0.4, -0.2) is 22.7 Å². The molecule has 3 aromatic rings. The zero-order chi connectivity index (χ0) is 19.2. The molecule has 136 valence electrons. The number of fused-ring (bicyclic) bond motifs is 1. The van der Waals surface area contributed by atoms with Gasteiger partial charge >= 0.3 is 12.6 Å². The van der Waals surface area contributed by atoms with Crippen LogP contribution in [0.5, 0.6) is 5.75 Å². The number of alkyl halides is 2. The molecule has 0 aliphatic carbocycles. The molecule has 0 amide bonds. The molecule has 4 nitrogen and oxygen atoms in total. The summed E-state index contributed by atoms with van der Waals surface area (Å²) in [5.41, 5.74) is -0.870.